The number of oxazole rings is 1. The van der Waals surface area contributed by atoms with E-state index in [1.54, 1.807) is 6.92 Å². The third-order valence-corrected chi connectivity index (χ3v) is 2.72. The SMILES string of the molecule is CCOc1oc(C2OCCC2C)nc1C(=O)O. The number of rotatable bonds is 4. The zero-order valence-corrected chi connectivity index (χ0v) is 9.80. The van der Waals surface area contributed by atoms with E-state index in [2.05, 4.69) is 4.98 Å². The van der Waals surface area contributed by atoms with Crippen LogP contribution in [0.25, 0.3) is 0 Å². The number of hydrogen-bond donors (Lipinski definition) is 1. The molecule has 2 rings (SSSR count). The minimum Gasteiger partial charge on any atom is -0.476 e. The lowest BCUT2D eigenvalue weighted by Gasteiger charge is -2.09. The molecular formula is C11H15NO5. The fourth-order valence-corrected chi connectivity index (χ4v) is 1.82. The highest BCUT2D eigenvalue weighted by atomic mass is 16.6. The highest BCUT2D eigenvalue weighted by Gasteiger charge is 2.33. The van der Waals surface area contributed by atoms with Crippen molar-refractivity contribution in [3.05, 3.63) is 11.6 Å². The summed E-state index contributed by atoms with van der Waals surface area (Å²) in [5, 5.41) is 8.97. The Morgan fingerprint density at radius 3 is 2.94 bits per heavy atom. The molecule has 0 aromatic carbocycles. The van der Waals surface area contributed by atoms with Crippen molar-refractivity contribution in [2.75, 3.05) is 13.2 Å². The van der Waals surface area contributed by atoms with E-state index in [9.17, 15) is 4.79 Å². The molecule has 0 bridgehead atoms. The summed E-state index contributed by atoms with van der Waals surface area (Å²) in [5.41, 5.74) is -0.190. The monoisotopic (exact) mass is 241 g/mol. The Labute approximate surface area is 98.5 Å². The summed E-state index contributed by atoms with van der Waals surface area (Å²) < 4.78 is 15.9. The van der Waals surface area contributed by atoms with Gasteiger partial charge in [-0.3, -0.25) is 0 Å². The van der Waals surface area contributed by atoms with Crippen molar-refractivity contribution in [2.24, 2.45) is 5.92 Å². The van der Waals surface area contributed by atoms with Crippen molar-refractivity contribution in [3.63, 3.8) is 0 Å². The van der Waals surface area contributed by atoms with Crippen LogP contribution in [0.15, 0.2) is 4.42 Å². The molecule has 2 unspecified atom stereocenters. The fraction of sp³-hybridized carbons (Fsp3) is 0.636. The minimum absolute atomic E-state index is 0.0438. The number of carboxylic acids is 1. The lowest BCUT2D eigenvalue weighted by molar-refractivity contribution is 0.0674. The summed E-state index contributed by atoms with van der Waals surface area (Å²) in [4.78, 5) is 14.9. The molecule has 1 N–H and O–H groups in total. The first-order valence-electron chi connectivity index (χ1n) is 5.62. The highest BCUT2D eigenvalue weighted by molar-refractivity contribution is 5.87. The largest absolute Gasteiger partial charge is 0.476 e. The van der Waals surface area contributed by atoms with Crippen LogP contribution >= 0.6 is 0 Å². The first-order valence-corrected chi connectivity index (χ1v) is 5.62. The van der Waals surface area contributed by atoms with Gasteiger partial charge in [0.05, 0.1) is 6.61 Å². The normalized spacial score (nSPS) is 23.9. The van der Waals surface area contributed by atoms with Crippen molar-refractivity contribution in [1.29, 1.82) is 0 Å². The molecule has 1 fully saturated rings. The van der Waals surface area contributed by atoms with Crippen LogP contribution in [0.3, 0.4) is 0 Å². The van der Waals surface area contributed by atoms with Gasteiger partial charge in [0.1, 0.15) is 6.10 Å². The topological polar surface area (TPSA) is 81.8 Å². The summed E-state index contributed by atoms with van der Waals surface area (Å²) in [7, 11) is 0. The Kier molecular flexibility index (Phi) is 3.33. The number of nitrogens with zero attached hydrogens (tertiary/aromatic N) is 1. The molecule has 1 saturated heterocycles. The van der Waals surface area contributed by atoms with E-state index in [4.69, 9.17) is 19.0 Å². The van der Waals surface area contributed by atoms with Gasteiger partial charge in [0, 0.05) is 6.61 Å². The second-order valence-electron chi connectivity index (χ2n) is 3.98. The van der Waals surface area contributed by atoms with E-state index >= 15 is 0 Å². The number of hydrogen-bond acceptors (Lipinski definition) is 5. The molecule has 1 aromatic rings. The van der Waals surface area contributed by atoms with Gasteiger partial charge >= 0.3 is 11.9 Å². The Morgan fingerprint density at radius 1 is 1.65 bits per heavy atom. The number of carboxylic acid groups (broad SMARTS) is 1. The van der Waals surface area contributed by atoms with Crippen molar-refractivity contribution in [1.82, 2.24) is 4.98 Å². The van der Waals surface area contributed by atoms with Crippen LogP contribution in [-0.2, 0) is 4.74 Å². The van der Waals surface area contributed by atoms with Crippen LogP contribution in [0.5, 0.6) is 5.95 Å². The van der Waals surface area contributed by atoms with Crippen molar-refractivity contribution < 1.29 is 23.8 Å². The molecular weight excluding hydrogens is 226 g/mol. The lowest BCUT2D eigenvalue weighted by atomic mass is 10.0. The highest BCUT2D eigenvalue weighted by Crippen LogP contribution is 2.36. The maximum Gasteiger partial charge on any atom is 0.362 e. The molecule has 1 aliphatic heterocycles. The van der Waals surface area contributed by atoms with Crippen LogP contribution in [0, 0.1) is 5.92 Å². The molecule has 2 atom stereocenters. The number of ether oxygens (including phenoxy) is 2. The van der Waals surface area contributed by atoms with Gasteiger partial charge < -0.3 is 19.0 Å². The lowest BCUT2D eigenvalue weighted by Crippen LogP contribution is -2.05. The quantitative estimate of drug-likeness (QED) is 0.866. The third-order valence-electron chi connectivity index (χ3n) is 2.72. The molecule has 1 aromatic heterocycles. The minimum atomic E-state index is -1.16. The second-order valence-corrected chi connectivity index (χ2v) is 3.98. The Bertz CT molecular complexity index is 414. The van der Waals surface area contributed by atoms with E-state index in [-0.39, 0.29) is 29.6 Å². The average molecular weight is 241 g/mol. The molecule has 2 heterocycles. The molecule has 0 amide bonds. The fourth-order valence-electron chi connectivity index (χ4n) is 1.82. The third kappa shape index (κ3) is 2.26. The molecule has 6 nitrogen and oxygen atoms in total. The van der Waals surface area contributed by atoms with Gasteiger partial charge in [-0.15, -0.1) is 0 Å². The van der Waals surface area contributed by atoms with Gasteiger partial charge in [-0.05, 0) is 19.3 Å². The zero-order valence-electron chi connectivity index (χ0n) is 9.80. The summed E-state index contributed by atoms with van der Waals surface area (Å²) >= 11 is 0. The van der Waals surface area contributed by atoms with E-state index in [1.165, 1.54) is 0 Å². The summed E-state index contributed by atoms with van der Waals surface area (Å²) in [5.74, 6) is -0.646. The van der Waals surface area contributed by atoms with Gasteiger partial charge in [-0.1, -0.05) is 6.92 Å². The molecule has 0 aliphatic carbocycles. The second kappa shape index (κ2) is 4.75. The van der Waals surface area contributed by atoms with E-state index in [0.29, 0.717) is 13.2 Å². The maximum absolute atomic E-state index is 11.0. The smallest absolute Gasteiger partial charge is 0.362 e. The van der Waals surface area contributed by atoms with Crippen molar-refractivity contribution in [2.45, 2.75) is 26.4 Å². The van der Waals surface area contributed by atoms with Gasteiger partial charge in [0.25, 0.3) is 0 Å². The summed E-state index contributed by atoms with van der Waals surface area (Å²) in [6.07, 6.45) is 0.640. The number of aromatic nitrogens is 1. The molecule has 17 heavy (non-hydrogen) atoms. The van der Waals surface area contributed by atoms with Crippen LogP contribution in [-0.4, -0.2) is 29.3 Å². The van der Waals surface area contributed by atoms with Gasteiger partial charge in [0.2, 0.25) is 11.6 Å². The van der Waals surface area contributed by atoms with Crippen molar-refractivity contribution in [3.8, 4) is 5.95 Å². The molecule has 0 radical (unpaired) electrons. The average Bonchev–Trinajstić information content (AvgIpc) is 2.84. The maximum atomic E-state index is 11.0. The Morgan fingerprint density at radius 2 is 2.41 bits per heavy atom. The van der Waals surface area contributed by atoms with E-state index in [1.807, 2.05) is 6.92 Å². The standard InChI is InChI=1S/C11H15NO5/c1-3-15-11-7(10(13)14)12-9(17-11)8-6(2)4-5-16-8/h6,8H,3-5H2,1-2H3,(H,13,14). The van der Waals surface area contributed by atoms with Crippen LogP contribution < -0.4 is 4.74 Å². The molecule has 0 spiro atoms. The van der Waals surface area contributed by atoms with Crippen molar-refractivity contribution >= 4 is 5.97 Å². The number of carbonyl (C=O) groups is 1. The van der Waals surface area contributed by atoms with Crippen LogP contribution in [0.1, 0.15) is 42.8 Å². The van der Waals surface area contributed by atoms with Crippen LogP contribution in [0.2, 0.25) is 0 Å². The number of aromatic carboxylic acids is 1. The van der Waals surface area contributed by atoms with Gasteiger partial charge in [-0.2, -0.15) is 0 Å². The molecule has 0 saturated carbocycles. The van der Waals surface area contributed by atoms with Gasteiger partial charge in [-0.25, -0.2) is 9.78 Å². The van der Waals surface area contributed by atoms with E-state index < -0.39 is 5.97 Å². The Hall–Kier alpha value is -1.56. The first kappa shape index (κ1) is 11.9. The molecule has 94 valence electrons. The summed E-state index contributed by atoms with van der Waals surface area (Å²) in [6, 6.07) is 0. The molecule has 1 aliphatic rings. The zero-order chi connectivity index (χ0) is 12.4. The van der Waals surface area contributed by atoms with Crippen LogP contribution in [0.4, 0.5) is 0 Å². The van der Waals surface area contributed by atoms with Gasteiger partial charge in [0.15, 0.2) is 0 Å². The summed E-state index contributed by atoms with van der Waals surface area (Å²) in [6.45, 7) is 4.74. The van der Waals surface area contributed by atoms with E-state index in [0.717, 1.165) is 6.42 Å². The predicted molar refractivity (Wildman–Crippen MR) is 57.1 cm³/mol. The molecule has 6 heteroatoms. The Balaban J connectivity index is 2.29. The predicted octanol–water partition coefficient (Wildman–Crippen LogP) is 1.87. The first-order chi connectivity index (χ1) is 8.13.